The van der Waals surface area contributed by atoms with Gasteiger partial charge in [0, 0.05) is 7.05 Å². The number of phosphoric ester groups is 1. The topological polar surface area (TPSA) is 242 Å². The highest BCUT2D eigenvalue weighted by Gasteiger charge is 2.46. The van der Waals surface area contributed by atoms with Gasteiger partial charge in [-0.1, -0.05) is 0 Å². The van der Waals surface area contributed by atoms with Crippen molar-refractivity contribution in [3.8, 4) is 0 Å². The molecule has 29 heavy (non-hydrogen) atoms. The van der Waals surface area contributed by atoms with Gasteiger partial charge in [0.25, 0.3) is 5.56 Å². The Kier molecular flexibility index (Phi) is 5.70. The van der Waals surface area contributed by atoms with E-state index in [1.54, 1.807) is 0 Å². The van der Waals surface area contributed by atoms with Crippen LogP contribution in [0.4, 0.5) is 5.95 Å². The number of phosphoric acid groups is 2. The van der Waals surface area contributed by atoms with E-state index >= 15 is 0 Å². The molecule has 1 unspecified atom stereocenters. The number of aromatic nitrogens is 4. The van der Waals surface area contributed by atoms with E-state index in [1.807, 2.05) is 0 Å². The van der Waals surface area contributed by atoms with E-state index < -0.39 is 52.4 Å². The maximum atomic E-state index is 12.2. The van der Waals surface area contributed by atoms with Crippen molar-refractivity contribution in [1.29, 1.82) is 0 Å². The van der Waals surface area contributed by atoms with Crippen molar-refractivity contribution in [3.63, 3.8) is 0 Å². The predicted octanol–water partition coefficient (Wildman–Crippen LogP) is -2.44. The van der Waals surface area contributed by atoms with E-state index in [1.165, 1.54) is 7.05 Å². The average molecular weight is 457 g/mol. The van der Waals surface area contributed by atoms with Crippen LogP contribution >= 0.6 is 15.6 Å². The molecule has 1 fully saturated rings. The monoisotopic (exact) mass is 457 g/mol. The van der Waals surface area contributed by atoms with Crippen LogP contribution in [0.2, 0.25) is 0 Å². The Morgan fingerprint density at radius 1 is 1.28 bits per heavy atom. The van der Waals surface area contributed by atoms with Crippen LogP contribution in [0.5, 0.6) is 0 Å². The first-order valence-corrected chi connectivity index (χ1v) is 10.8. The fraction of sp³-hybridized carbons (Fsp3) is 0.545. The maximum Gasteiger partial charge on any atom is 0.481 e. The first kappa shape index (κ1) is 22.0. The van der Waals surface area contributed by atoms with E-state index in [0.717, 1.165) is 15.5 Å². The number of hydrogen-bond donors (Lipinski definition) is 6. The first-order valence-electron chi connectivity index (χ1n) is 7.75. The third-order valence-corrected chi connectivity index (χ3v) is 6.21. The highest BCUT2D eigenvalue weighted by Crippen LogP contribution is 2.57. The molecule has 1 aliphatic rings. The second-order valence-electron chi connectivity index (χ2n) is 6.04. The quantitative estimate of drug-likeness (QED) is 0.247. The SMILES string of the molecule is Cn1c(N)nc2c(ncn2[C@@H]2O[C@H](COP(=O)(O)OP(=O)(O)O)[C@@H](O)[C@H]2O)c1=O. The molecule has 0 radical (unpaired) electrons. The van der Waals surface area contributed by atoms with Gasteiger partial charge in [-0.3, -0.25) is 18.5 Å². The molecular weight excluding hydrogens is 440 g/mol. The van der Waals surface area contributed by atoms with Crippen molar-refractivity contribution in [2.45, 2.75) is 24.5 Å². The molecule has 2 aromatic rings. The minimum atomic E-state index is -5.32. The molecule has 3 rings (SSSR count). The van der Waals surface area contributed by atoms with Gasteiger partial charge in [-0.15, -0.1) is 0 Å². The van der Waals surface area contributed by atoms with E-state index in [2.05, 4.69) is 18.8 Å². The van der Waals surface area contributed by atoms with Crippen molar-refractivity contribution >= 4 is 32.8 Å². The minimum Gasteiger partial charge on any atom is -0.387 e. The molecule has 7 N–H and O–H groups in total. The number of hydrogen-bond acceptors (Lipinski definition) is 11. The van der Waals surface area contributed by atoms with Crippen LogP contribution in [-0.4, -0.2) is 68.9 Å². The average Bonchev–Trinajstić information content (AvgIpc) is 3.11. The van der Waals surface area contributed by atoms with Crippen molar-refractivity contribution in [2.24, 2.45) is 7.05 Å². The Bertz CT molecular complexity index is 1080. The number of aliphatic hydroxyl groups is 2. The summed E-state index contributed by atoms with van der Waals surface area (Å²) in [6.45, 7) is -0.869. The second-order valence-corrected chi connectivity index (χ2v) is 8.87. The molecule has 5 atom stereocenters. The lowest BCUT2D eigenvalue weighted by atomic mass is 10.1. The summed E-state index contributed by atoms with van der Waals surface area (Å²) in [5.74, 6) is -0.145. The lowest BCUT2D eigenvalue weighted by Gasteiger charge is -2.17. The summed E-state index contributed by atoms with van der Waals surface area (Å²) in [7, 11) is -9.12. The zero-order chi connectivity index (χ0) is 21.7. The molecule has 162 valence electrons. The van der Waals surface area contributed by atoms with Gasteiger partial charge >= 0.3 is 15.6 Å². The lowest BCUT2D eigenvalue weighted by Crippen LogP contribution is -2.33. The van der Waals surface area contributed by atoms with Crippen LogP contribution in [0.25, 0.3) is 11.2 Å². The van der Waals surface area contributed by atoms with Crippen molar-refractivity contribution in [3.05, 3.63) is 16.7 Å². The summed E-state index contributed by atoms with van der Waals surface area (Å²) in [5, 5.41) is 20.4. The normalized spacial score (nSPS) is 27.4. The van der Waals surface area contributed by atoms with Gasteiger partial charge in [0.2, 0.25) is 5.95 Å². The standard InChI is InChI=1S/C11H17N5O11P2/c1-15-9(19)5-8(14-11(15)12)16(3-13-5)10-7(18)6(17)4(26-10)2-25-29(23,24)27-28(20,21)22/h3-4,6-7,10,17-18H,2H2,1H3,(H2,12,14)(H,23,24)(H2,20,21,22)/t4-,6-,7-,10-/m1/s1. The number of nitrogens with two attached hydrogens (primary N) is 1. The molecule has 0 spiro atoms. The number of rotatable bonds is 6. The van der Waals surface area contributed by atoms with Gasteiger partial charge < -0.3 is 35.4 Å². The van der Waals surface area contributed by atoms with Crippen molar-refractivity contribution < 1.29 is 47.6 Å². The number of anilines is 1. The highest BCUT2D eigenvalue weighted by molar-refractivity contribution is 7.60. The summed E-state index contributed by atoms with van der Waals surface area (Å²) in [6, 6.07) is 0. The fourth-order valence-corrected chi connectivity index (χ4v) is 4.27. The number of aliphatic hydroxyl groups excluding tert-OH is 2. The van der Waals surface area contributed by atoms with E-state index in [4.69, 9.17) is 20.3 Å². The van der Waals surface area contributed by atoms with Gasteiger partial charge in [-0.25, -0.2) is 14.1 Å². The second kappa shape index (κ2) is 7.52. The Balaban J connectivity index is 1.82. The highest BCUT2D eigenvalue weighted by atomic mass is 31.3. The molecule has 3 heterocycles. The summed E-state index contributed by atoms with van der Waals surface area (Å²) >= 11 is 0. The van der Waals surface area contributed by atoms with Gasteiger partial charge in [-0.2, -0.15) is 9.29 Å². The molecular formula is C11H17N5O11P2. The smallest absolute Gasteiger partial charge is 0.387 e. The number of nitrogens with zero attached hydrogens (tertiary/aromatic N) is 4. The largest absolute Gasteiger partial charge is 0.481 e. The number of fused-ring (bicyclic) bond motifs is 1. The van der Waals surface area contributed by atoms with Gasteiger partial charge in [0.15, 0.2) is 17.4 Å². The van der Waals surface area contributed by atoms with Crippen LogP contribution in [0.15, 0.2) is 11.1 Å². The van der Waals surface area contributed by atoms with Gasteiger partial charge in [0.1, 0.15) is 18.3 Å². The maximum absolute atomic E-state index is 12.2. The number of imidazole rings is 1. The first-order chi connectivity index (χ1) is 13.3. The molecule has 1 saturated heterocycles. The Morgan fingerprint density at radius 3 is 2.55 bits per heavy atom. The zero-order valence-corrected chi connectivity index (χ0v) is 16.3. The van der Waals surface area contributed by atoms with Crippen molar-refractivity contribution in [2.75, 3.05) is 12.3 Å². The summed E-state index contributed by atoms with van der Waals surface area (Å²) in [5.41, 5.74) is 4.97. The lowest BCUT2D eigenvalue weighted by molar-refractivity contribution is -0.0503. The molecule has 0 saturated carbocycles. The van der Waals surface area contributed by atoms with Crippen molar-refractivity contribution in [1.82, 2.24) is 19.1 Å². The van der Waals surface area contributed by atoms with Crippen LogP contribution in [0.3, 0.4) is 0 Å². The molecule has 16 nitrogen and oxygen atoms in total. The Morgan fingerprint density at radius 2 is 1.93 bits per heavy atom. The minimum absolute atomic E-state index is 0.0407. The van der Waals surface area contributed by atoms with Gasteiger partial charge in [0.05, 0.1) is 12.9 Å². The summed E-state index contributed by atoms with van der Waals surface area (Å²) in [6.07, 6.45) is -4.86. The molecule has 0 aromatic carbocycles. The van der Waals surface area contributed by atoms with Gasteiger partial charge in [-0.05, 0) is 0 Å². The third kappa shape index (κ3) is 4.41. The van der Waals surface area contributed by atoms with Crippen LogP contribution in [-0.2, 0) is 29.7 Å². The molecule has 0 amide bonds. The molecule has 1 aliphatic heterocycles. The molecule has 18 heteroatoms. The fourth-order valence-electron chi connectivity index (χ4n) is 2.67. The zero-order valence-electron chi connectivity index (χ0n) is 14.5. The Hall–Kier alpha value is -1.71. The van der Waals surface area contributed by atoms with E-state index in [9.17, 15) is 29.0 Å². The number of ether oxygens (including phenoxy) is 1. The third-order valence-electron chi connectivity index (χ3n) is 4.06. The van der Waals surface area contributed by atoms with Crippen LogP contribution < -0.4 is 11.3 Å². The van der Waals surface area contributed by atoms with Crippen LogP contribution in [0.1, 0.15) is 6.23 Å². The van der Waals surface area contributed by atoms with E-state index in [-0.39, 0.29) is 17.1 Å². The van der Waals surface area contributed by atoms with E-state index in [0.29, 0.717) is 0 Å². The summed E-state index contributed by atoms with van der Waals surface area (Å²) in [4.78, 5) is 46.5. The molecule has 0 bridgehead atoms. The predicted molar refractivity (Wildman–Crippen MR) is 92.0 cm³/mol. The van der Waals surface area contributed by atoms with Crippen LogP contribution in [0, 0.1) is 0 Å². The molecule has 2 aromatic heterocycles. The molecule has 0 aliphatic carbocycles. The Labute approximate surface area is 160 Å². The summed E-state index contributed by atoms with van der Waals surface area (Å²) < 4.78 is 37.8. The number of nitrogen functional groups attached to an aromatic ring is 1.